The van der Waals surface area contributed by atoms with E-state index >= 15 is 0 Å². The lowest BCUT2D eigenvalue weighted by atomic mass is 9.93. The molecule has 158 valence electrons. The Hall–Kier alpha value is -3.23. The van der Waals surface area contributed by atoms with Crippen LogP contribution in [0.5, 0.6) is 0 Å². The van der Waals surface area contributed by atoms with Crippen LogP contribution in [0.4, 0.5) is 11.5 Å². The summed E-state index contributed by atoms with van der Waals surface area (Å²) in [6.07, 6.45) is 3.85. The Labute approximate surface area is 189 Å². The van der Waals surface area contributed by atoms with Crippen LogP contribution in [-0.2, 0) is 6.42 Å². The summed E-state index contributed by atoms with van der Waals surface area (Å²) in [4.78, 5) is 16.8. The van der Waals surface area contributed by atoms with Gasteiger partial charge >= 0.3 is 0 Å². The van der Waals surface area contributed by atoms with E-state index in [0.29, 0.717) is 16.0 Å². The number of furan rings is 1. The van der Waals surface area contributed by atoms with Crippen LogP contribution in [-0.4, -0.2) is 21.7 Å². The molecule has 0 unspecified atom stereocenters. The minimum atomic E-state index is -0.365. The maximum absolute atomic E-state index is 12.7. The van der Waals surface area contributed by atoms with Crippen molar-refractivity contribution in [1.29, 1.82) is 0 Å². The number of fused-ring (bicyclic) bond motifs is 1. The highest BCUT2D eigenvalue weighted by Gasteiger charge is 2.28. The molecule has 2 heterocycles. The highest BCUT2D eigenvalue weighted by atomic mass is 35.5. The molecule has 0 saturated heterocycles. The molecule has 0 radical (unpaired) electrons. The minimum absolute atomic E-state index is 0.251. The molecule has 7 nitrogen and oxygen atoms in total. The van der Waals surface area contributed by atoms with Gasteiger partial charge in [-0.25, -0.2) is 4.98 Å². The first-order chi connectivity index (χ1) is 15.0. The van der Waals surface area contributed by atoms with E-state index in [0.717, 1.165) is 47.5 Å². The molecule has 0 saturated carbocycles. The summed E-state index contributed by atoms with van der Waals surface area (Å²) >= 11 is 11.2. The zero-order chi connectivity index (χ0) is 21.8. The Morgan fingerprint density at radius 1 is 1.16 bits per heavy atom. The second kappa shape index (κ2) is 9.28. The standard InChI is InChI=1S/C22H20ClN5O2S/c1-13-19-16(27-28-22(31)25-15-6-3-2-4-7-15)8-5-9-17(19)30-20(13)21(29)26-18-11-10-14(23)12-24-18/h2-4,6-7,10-12H,5,8-9H2,1H3,(H,24,26,29)(H2,25,28,31)/b27-16+. The number of benzene rings is 1. The molecule has 2 aromatic heterocycles. The number of nitrogens with zero attached hydrogens (tertiary/aromatic N) is 2. The van der Waals surface area contributed by atoms with Crippen LogP contribution in [0.15, 0.2) is 58.2 Å². The normalized spacial score (nSPS) is 14.1. The van der Waals surface area contributed by atoms with Crippen LogP contribution in [0.25, 0.3) is 0 Å². The molecule has 1 aromatic carbocycles. The number of carbonyl (C=O) groups is 1. The van der Waals surface area contributed by atoms with Crippen molar-refractivity contribution >= 4 is 52.1 Å². The maximum Gasteiger partial charge on any atom is 0.292 e. The van der Waals surface area contributed by atoms with E-state index in [1.54, 1.807) is 12.1 Å². The molecule has 1 aliphatic carbocycles. The number of anilines is 2. The van der Waals surface area contributed by atoms with E-state index < -0.39 is 0 Å². The Bertz CT molecular complexity index is 1140. The molecule has 0 bridgehead atoms. The van der Waals surface area contributed by atoms with Gasteiger partial charge in [-0.05, 0) is 56.2 Å². The number of nitrogens with one attached hydrogen (secondary N) is 3. The lowest BCUT2D eigenvalue weighted by Crippen LogP contribution is -2.26. The molecule has 1 amide bonds. The van der Waals surface area contributed by atoms with Crippen LogP contribution in [0, 0.1) is 6.92 Å². The van der Waals surface area contributed by atoms with Gasteiger partial charge in [-0.3, -0.25) is 10.2 Å². The van der Waals surface area contributed by atoms with Gasteiger partial charge < -0.3 is 15.1 Å². The molecule has 9 heteroatoms. The number of pyridine rings is 1. The SMILES string of the molecule is Cc1c(C(=O)Nc2ccc(Cl)cn2)oc2c1/C(=N/NC(=S)Nc1ccccc1)CCC2. The summed E-state index contributed by atoms with van der Waals surface area (Å²) in [7, 11) is 0. The van der Waals surface area contributed by atoms with Gasteiger partial charge in [0.2, 0.25) is 0 Å². The highest BCUT2D eigenvalue weighted by Crippen LogP contribution is 2.30. The van der Waals surface area contributed by atoms with E-state index in [4.69, 9.17) is 28.2 Å². The Morgan fingerprint density at radius 2 is 1.97 bits per heavy atom. The molecule has 0 atom stereocenters. The van der Waals surface area contributed by atoms with Crippen molar-refractivity contribution in [3.8, 4) is 0 Å². The number of rotatable bonds is 4. The molecule has 3 N–H and O–H groups in total. The van der Waals surface area contributed by atoms with E-state index in [-0.39, 0.29) is 11.7 Å². The third kappa shape index (κ3) is 4.92. The molecule has 4 rings (SSSR count). The first-order valence-corrected chi connectivity index (χ1v) is 10.5. The van der Waals surface area contributed by atoms with Gasteiger partial charge in [0.05, 0.1) is 10.7 Å². The summed E-state index contributed by atoms with van der Waals surface area (Å²) in [5.41, 5.74) is 6.18. The number of para-hydroxylation sites is 1. The molecule has 1 aliphatic rings. The topological polar surface area (TPSA) is 91.6 Å². The third-order valence-corrected chi connectivity index (χ3v) is 5.24. The lowest BCUT2D eigenvalue weighted by molar-refractivity contribution is 0.0993. The van der Waals surface area contributed by atoms with Gasteiger partial charge in [0.15, 0.2) is 10.9 Å². The second-order valence-corrected chi connectivity index (χ2v) is 7.86. The van der Waals surface area contributed by atoms with Gasteiger partial charge in [-0.1, -0.05) is 29.8 Å². The Balaban J connectivity index is 1.51. The van der Waals surface area contributed by atoms with Crippen molar-refractivity contribution in [2.24, 2.45) is 5.10 Å². The predicted octanol–water partition coefficient (Wildman–Crippen LogP) is 4.92. The van der Waals surface area contributed by atoms with Gasteiger partial charge in [0, 0.05) is 29.4 Å². The average Bonchev–Trinajstić information content (AvgIpc) is 3.12. The molecule has 31 heavy (non-hydrogen) atoms. The van der Waals surface area contributed by atoms with Crippen molar-refractivity contribution < 1.29 is 9.21 Å². The fraction of sp³-hybridized carbons (Fsp3) is 0.182. The number of hydrogen-bond acceptors (Lipinski definition) is 5. The number of hydrazone groups is 1. The predicted molar refractivity (Wildman–Crippen MR) is 126 cm³/mol. The Morgan fingerprint density at radius 3 is 2.71 bits per heavy atom. The second-order valence-electron chi connectivity index (χ2n) is 7.01. The summed E-state index contributed by atoms with van der Waals surface area (Å²) in [6.45, 7) is 1.86. The number of halogens is 1. The first kappa shape index (κ1) is 21.0. The van der Waals surface area contributed by atoms with E-state index in [2.05, 4.69) is 26.1 Å². The number of aryl methyl sites for hydroxylation is 1. The highest BCUT2D eigenvalue weighted by molar-refractivity contribution is 7.80. The molecule has 0 aliphatic heterocycles. The number of thiocarbonyl (C=S) groups is 1. The smallest absolute Gasteiger partial charge is 0.292 e. The molecule has 3 aromatic rings. The van der Waals surface area contributed by atoms with Crippen LogP contribution in [0.3, 0.4) is 0 Å². The fourth-order valence-electron chi connectivity index (χ4n) is 3.42. The van der Waals surface area contributed by atoms with E-state index in [1.807, 2.05) is 37.3 Å². The van der Waals surface area contributed by atoms with Crippen molar-refractivity contribution in [3.05, 3.63) is 76.3 Å². The van der Waals surface area contributed by atoms with Gasteiger partial charge in [-0.15, -0.1) is 0 Å². The largest absolute Gasteiger partial charge is 0.455 e. The molecular formula is C22H20ClN5O2S. The van der Waals surface area contributed by atoms with Gasteiger partial charge in [0.1, 0.15) is 11.6 Å². The summed E-state index contributed by atoms with van der Waals surface area (Å²) in [6, 6.07) is 12.9. The van der Waals surface area contributed by atoms with Gasteiger partial charge in [0.25, 0.3) is 5.91 Å². The number of carbonyl (C=O) groups excluding carboxylic acids is 1. The minimum Gasteiger partial charge on any atom is -0.455 e. The molecular weight excluding hydrogens is 434 g/mol. The Kier molecular flexibility index (Phi) is 6.29. The number of amides is 1. The zero-order valence-electron chi connectivity index (χ0n) is 16.7. The zero-order valence-corrected chi connectivity index (χ0v) is 18.3. The van der Waals surface area contributed by atoms with Crippen LogP contribution >= 0.6 is 23.8 Å². The summed E-state index contributed by atoms with van der Waals surface area (Å²) < 4.78 is 5.90. The van der Waals surface area contributed by atoms with Crippen molar-refractivity contribution in [1.82, 2.24) is 10.4 Å². The summed E-state index contributed by atoms with van der Waals surface area (Å²) in [5.74, 6) is 1.04. The van der Waals surface area contributed by atoms with Crippen molar-refractivity contribution in [3.63, 3.8) is 0 Å². The number of hydrogen-bond donors (Lipinski definition) is 3. The van der Waals surface area contributed by atoms with E-state index in [9.17, 15) is 4.79 Å². The summed E-state index contributed by atoms with van der Waals surface area (Å²) in [5, 5.41) is 11.2. The van der Waals surface area contributed by atoms with Crippen LogP contribution in [0.2, 0.25) is 5.02 Å². The average molecular weight is 454 g/mol. The van der Waals surface area contributed by atoms with Crippen molar-refractivity contribution in [2.75, 3.05) is 10.6 Å². The molecule has 0 spiro atoms. The maximum atomic E-state index is 12.7. The first-order valence-electron chi connectivity index (χ1n) is 9.75. The number of aromatic nitrogens is 1. The van der Waals surface area contributed by atoms with Crippen molar-refractivity contribution in [2.45, 2.75) is 26.2 Å². The quantitative estimate of drug-likeness (QED) is 0.384. The van der Waals surface area contributed by atoms with Crippen LogP contribution < -0.4 is 16.1 Å². The van der Waals surface area contributed by atoms with Gasteiger partial charge in [-0.2, -0.15) is 5.10 Å². The monoisotopic (exact) mass is 453 g/mol. The van der Waals surface area contributed by atoms with Crippen LogP contribution in [0.1, 0.15) is 40.3 Å². The fourth-order valence-corrected chi connectivity index (χ4v) is 3.69. The third-order valence-electron chi connectivity index (χ3n) is 4.82. The van der Waals surface area contributed by atoms with E-state index in [1.165, 1.54) is 6.20 Å². The molecule has 0 fully saturated rings. The lowest BCUT2D eigenvalue weighted by Gasteiger charge is -2.14.